The largest absolute Gasteiger partial charge is 0.444 e. The summed E-state index contributed by atoms with van der Waals surface area (Å²) in [6.07, 6.45) is 1.40. The minimum Gasteiger partial charge on any atom is -0.444 e. The number of hydrogen-bond acceptors (Lipinski definition) is 5. The van der Waals surface area contributed by atoms with E-state index in [1.165, 1.54) is 0 Å². The molecule has 1 amide bonds. The molecule has 0 bridgehead atoms. The molecular weight excluding hydrogens is 298 g/mol. The van der Waals surface area contributed by atoms with Crippen molar-refractivity contribution >= 4 is 23.1 Å². The molecule has 0 spiro atoms. The van der Waals surface area contributed by atoms with Gasteiger partial charge in [-0.2, -0.15) is 0 Å². The normalized spacial score (nSPS) is 11.0. The number of carbonyl (C=O) groups is 1. The van der Waals surface area contributed by atoms with Crippen LogP contribution < -0.4 is 10.6 Å². The van der Waals surface area contributed by atoms with Crippen molar-refractivity contribution in [3.8, 4) is 10.6 Å². The van der Waals surface area contributed by atoms with E-state index >= 15 is 0 Å². The van der Waals surface area contributed by atoms with Gasteiger partial charge in [-0.15, -0.1) is 11.3 Å². The second-order valence-corrected chi connectivity index (χ2v) is 6.67. The summed E-state index contributed by atoms with van der Waals surface area (Å²) >= 11 is 1.61. The molecule has 0 radical (unpaired) electrons. The maximum atomic E-state index is 11.5. The first kappa shape index (κ1) is 16.3. The van der Waals surface area contributed by atoms with Gasteiger partial charge in [0.2, 0.25) is 0 Å². The summed E-state index contributed by atoms with van der Waals surface area (Å²) in [6.45, 7) is 6.65. The fourth-order valence-corrected chi connectivity index (χ4v) is 2.45. The lowest BCUT2D eigenvalue weighted by Crippen LogP contribution is -2.34. The number of aromatic nitrogens is 1. The maximum Gasteiger partial charge on any atom is 0.407 e. The van der Waals surface area contributed by atoms with E-state index in [4.69, 9.17) is 4.74 Å². The van der Waals surface area contributed by atoms with Gasteiger partial charge in [0.15, 0.2) is 0 Å². The molecule has 22 heavy (non-hydrogen) atoms. The topological polar surface area (TPSA) is 63.2 Å². The molecule has 0 aliphatic heterocycles. The van der Waals surface area contributed by atoms with Crippen molar-refractivity contribution in [2.24, 2.45) is 0 Å². The number of anilines is 1. The van der Waals surface area contributed by atoms with E-state index in [0.717, 1.165) is 16.3 Å². The van der Waals surface area contributed by atoms with Gasteiger partial charge in [-0.25, -0.2) is 9.78 Å². The number of ether oxygens (including phenoxy) is 1. The first-order chi connectivity index (χ1) is 10.4. The Balaban J connectivity index is 1.78. The Morgan fingerprint density at radius 1 is 1.32 bits per heavy atom. The van der Waals surface area contributed by atoms with Crippen molar-refractivity contribution in [1.82, 2.24) is 10.3 Å². The molecule has 1 aromatic heterocycles. The van der Waals surface area contributed by atoms with Crippen molar-refractivity contribution in [3.63, 3.8) is 0 Å². The fourth-order valence-electron chi connectivity index (χ4n) is 1.81. The molecule has 0 aliphatic carbocycles. The number of carbonyl (C=O) groups excluding carboxylic acids is 1. The molecule has 0 aliphatic rings. The van der Waals surface area contributed by atoms with E-state index < -0.39 is 11.7 Å². The molecule has 0 fully saturated rings. The van der Waals surface area contributed by atoms with E-state index in [-0.39, 0.29) is 0 Å². The molecule has 1 heterocycles. The molecule has 0 saturated carbocycles. The van der Waals surface area contributed by atoms with Crippen LogP contribution in [0.2, 0.25) is 0 Å². The Hall–Kier alpha value is -2.08. The third-order valence-corrected chi connectivity index (χ3v) is 3.49. The van der Waals surface area contributed by atoms with Crippen LogP contribution in [0.15, 0.2) is 35.8 Å². The van der Waals surface area contributed by atoms with Gasteiger partial charge in [0, 0.05) is 35.9 Å². The number of nitrogens with one attached hydrogen (secondary N) is 2. The highest BCUT2D eigenvalue weighted by atomic mass is 32.1. The zero-order valence-corrected chi connectivity index (χ0v) is 13.9. The lowest BCUT2D eigenvalue weighted by molar-refractivity contribution is 0.0530. The van der Waals surface area contributed by atoms with Gasteiger partial charge < -0.3 is 15.4 Å². The van der Waals surface area contributed by atoms with Gasteiger partial charge in [-0.05, 0) is 32.9 Å². The first-order valence-corrected chi connectivity index (χ1v) is 8.03. The van der Waals surface area contributed by atoms with Crippen molar-refractivity contribution in [2.45, 2.75) is 26.4 Å². The van der Waals surface area contributed by atoms with E-state index in [1.807, 2.05) is 50.4 Å². The Morgan fingerprint density at radius 2 is 2.14 bits per heavy atom. The van der Waals surface area contributed by atoms with Gasteiger partial charge in [-0.3, -0.25) is 0 Å². The minimum absolute atomic E-state index is 0.397. The van der Waals surface area contributed by atoms with Crippen LogP contribution in [0, 0.1) is 0 Å². The molecule has 2 aromatic rings. The standard InChI is InChI=1S/C16H21N3O2S/c1-16(2,3)21-15(20)19-8-7-17-13-6-4-5-12(11-13)14-18-9-10-22-14/h4-6,9-11,17H,7-8H2,1-3H3,(H,19,20). The number of hydrogen-bond donors (Lipinski definition) is 2. The highest BCUT2D eigenvalue weighted by molar-refractivity contribution is 7.13. The third kappa shape index (κ3) is 5.37. The zero-order valence-electron chi connectivity index (χ0n) is 13.1. The number of benzene rings is 1. The van der Waals surface area contributed by atoms with Crippen LogP contribution in [0.25, 0.3) is 10.6 Å². The van der Waals surface area contributed by atoms with Gasteiger partial charge >= 0.3 is 6.09 Å². The Kier molecular flexibility index (Phi) is 5.38. The number of alkyl carbamates (subject to hydrolysis) is 1. The van der Waals surface area contributed by atoms with E-state index in [9.17, 15) is 4.79 Å². The Morgan fingerprint density at radius 3 is 2.82 bits per heavy atom. The molecule has 118 valence electrons. The van der Waals surface area contributed by atoms with Crippen molar-refractivity contribution < 1.29 is 9.53 Å². The molecule has 5 nitrogen and oxygen atoms in total. The summed E-state index contributed by atoms with van der Waals surface area (Å²) in [5.74, 6) is 0. The van der Waals surface area contributed by atoms with Crippen molar-refractivity contribution in [3.05, 3.63) is 35.8 Å². The predicted molar refractivity (Wildman–Crippen MR) is 90.3 cm³/mol. The first-order valence-electron chi connectivity index (χ1n) is 7.15. The molecule has 6 heteroatoms. The molecule has 0 atom stereocenters. The van der Waals surface area contributed by atoms with Crippen molar-refractivity contribution in [1.29, 1.82) is 0 Å². The average molecular weight is 319 g/mol. The molecular formula is C16H21N3O2S. The van der Waals surface area contributed by atoms with Gasteiger partial charge in [-0.1, -0.05) is 12.1 Å². The SMILES string of the molecule is CC(C)(C)OC(=O)NCCNc1cccc(-c2nccs2)c1. The third-order valence-electron chi connectivity index (χ3n) is 2.66. The van der Waals surface area contributed by atoms with Crippen LogP contribution in [0.1, 0.15) is 20.8 Å². The molecule has 1 aromatic carbocycles. The van der Waals surface area contributed by atoms with Gasteiger partial charge in [0.05, 0.1) is 0 Å². The summed E-state index contributed by atoms with van der Waals surface area (Å²) in [7, 11) is 0. The number of thiazole rings is 1. The lowest BCUT2D eigenvalue weighted by atomic mass is 10.2. The second kappa shape index (κ2) is 7.26. The van der Waals surface area contributed by atoms with Crippen LogP contribution in [0.3, 0.4) is 0 Å². The zero-order chi connectivity index (χ0) is 16.0. The van der Waals surface area contributed by atoms with Crippen LogP contribution >= 0.6 is 11.3 Å². The van der Waals surface area contributed by atoms with E-state index in [0.29, 0.717) is 13.1 Å². The van der Waals surface area contributed by atoms with Gasteiger partial charge in [0.25, 0.3) is 0 Å². The summed E-state index contributed by atoms with van der Waals surface area (Å²) in [5.41, 5.74) is 1.61. The Bertz CT molecular complexity index is 606. The number of nitrogens with zero attached hydrogens (tertiary/aromatic N) is 1. The smallest absolute Gasteiger partial charge is 0.407 e. The van der Waals surface area contributed by atoms with Crippen LogP contribution in [0.4, 0.5) is 10.5 Å². The maximum absolute atomic E-state index is 11.5. The second-order valence-electron chi connectivity index (χ2n) is 5.77. The highest BCUT2D eigenvalue weighted by Crippen LogP contribution is 2.24. The van der Waals surface area contributed by atoms with Crippen molar-refractivity contribution in [2.75, 3.05) is 18.4 Å². The van der Waals surface area contributed by atoms with Crippen LogP contribution in [-0.2, 0) is 4.74 Å². The molecule has 0 unspecified atom stereocenters. The monoisotopic (exact) mass is 319 g/mol. The quantitative estimate of drug-likeness (QED) is 0.824. The van der Waals surface area contributed by atoms with Crippen LogP contribution in [-0.4, -0.2) is 29.8 Å². The van der Waals surface area contributed by atoms with Crippen LogP contribution in [0.5, 0.6) is 0 Å². The Labute approximate surface area is 134 Å². The summed E-state index contributed by atoms with van der Waals surface area (Å²) in [5, 5.41) is 8.94. The summed E-state index contributed by atoms with van der Waals surface area (Å²) in [6, 6.07) is 8.06. The highest BCUT2D eigenvalue weighted by Gasteiger charge is 2.15. The molecule has 0 saturated heterocycles. The molecule has 2 rings (SSSR count). The van der Waals surface area contributed by atoms with Gasteiger partial charge in [0.1, 0.15) is 10.6 Å². The van der Waals surface area contributed by atoms with E-state index in [1.54, 1.807) is 17.5 Å². The van der Waals surface area contributed by atoms with E-state index in [2.05, 4.69) is 15.6 Å². The number of amides is 1. The minimum atomic E-state index is -0.473. The molecule has 2 N–H and O–H groups in total. The summed E-state index contributed by atoms with van der Waals surface area (Å²) < 4.78 is 5.17. The predicted octanol–water partition coefficient (Wildman–Crippen LogP) is 3.75. The number of rotatable bonds is 5. The average Bonchev–Trinajstić information content (AvgIpc) is 2.96. The fraction of sp³-hybridized carbons (Fsp3) is 0.375. The summed E-state index contributed by atoms with van der Waals surface area (Å²) in [4.78, 5) is 15.8. The lowest BCUT2D eigenvalue weighted by Gasteiger charge is -2.19.